The van der Waals surface area contributed by atoms with E-state index >= 15 is 0 Å². The van der Waals surface area contributed by atoms with E-state index in [4.69, 9.17) is 9.47 Å². The van der Waals surface area contributed by atoms with Crippen molar-refractivity contribution >= 4 is 28.4 Å². The van der Waals surface area contributed by atoms with Crippen molar-refractivity contribution in [2.45, 2.75) is 39.1 Å². The smallest absolute Gasteiger partial charge is 0.123 e. The van der Waals surface area contributed by atoms with Gasteiger partial charge in [0.25, 0.3) is 0 Å². The lowest BCUT2D eigenvalue weighted by atomic mass is 10.1. The van der Waals surface area contributed by atoms with E-state index in [-0.39, 0.29) is 17.9 Å². The molecule has 0 bridgehead atoms. The molecule has 2 unspecified atom stereocenters. The fourth-order valence-corrected chi connectivity index (χ4v) is 5.17. The van der Waals surface area contributed by atoms with Crippen LogP contribution < -0.4 is 9.47 Å². The third-order valence-corrected chi connectivity index (χ3v) is 8.34. The van der Waals surface area contributed by atoms with Gasteiger partial charge in [-0.2, -0.15) is 0 Å². The van der Waals surface area contributed by atoms with Crippen LogP contribution in [0.4, 0.5) is 4.39 Å². The third kappa shape index (κ3) is 12.0. The average Bonchev–Trinajstić information content (AvgIpc) is 3.16. The zero-order chi connectivity index (χ0) is 35.0. The van der Waals surface area contributed by atoms with Gasteiger partial charge in [0.1, 0.15) is 30.5 Å². The highest BCUT2D eigenvalue weighted by Crippen LogP contribution is 2.21. The zero-order valence-electron chi connectivity index (χ0n) is 28.2. The fraction of sp³-hybridized carbons (Fsp3) is 0.136. The Bertz CT molecular complexity index is 1800. The first-order valence-electron chi connectivity index (χ1n) is 16.5. The molecule has 0 aromatic heterocycles. The summed E-state index contributed by atoms with van der Waals surface area (Å²) in [5.41, 5.74) is 6.47. The number of nitrogens with zero attached hydrogens (tertiary/aromatic N) is 2. The number of halogens is 2. The van der Waals surface area contributed by atoms with E-state index in [1.54, 1.807) is 12.1 Å². The van der Waals surface area contributed by atoms with Crippen molar-refractivity contribution in [1.82, 2.24) is 0 Å². The molecule has 252 valence electrons. The van der Waals surface area contributed by atoms with Crippen LogP contribution >= 0.6 is 15.9 Å². The van der Waals surface area contributed by atoms with Gasteiger partial charge in [0.15, 0.2) is 0 Å². The summed E-state index contributed by atoms with van der Waals surface area (Å²) in [6, 6.07) is 50.8. The molecule has 0 saturated carbocycles. The Morgan fingerprint density at radius 3 is 1.40 bits per heavy atom. The van der Waals surface area contributed by atoms with Crippen LogP contribution in [0.2, 0.25) is 0 Å². The molecule has 0 amide bonds. The maximum absolute atomic E-state index is 13.0. The number of ether oxygens (including phenoxy) is 2. The van der Waals surface area contributed by atoms with E-state index in [9.17, 15) is 4.39 Å². The predicted molar refractivity (Wildman–Crippen MR) is 207 cm³/mol. The second-order valence-corrected chi connectivity index (χ2v) is 12.6. The van der Waals surface area contributed by atoms with Crippen LogP contribution in [0.5, 0.6) is 11.5 Å². The number of hydrogen-bond acceptors (Lipinski definition) is 4. The van der Waals surface area contributed by atoms with Crippen molar-refractivity contribution in [2.24, 2.45) is 9.98 Å². The van der Waals surface area contributed by atoms with Crippen LogP contribution in [0.25, 0.3) is 0 Å². The molecule has 0 fully saturated rings. The van der Waals surface area contributed by atoms with Crippen LogP contribution in [-0.4, -0.2) is 12.4 Å². The average molecular weight is 728 g/mol. The van der Waals surface area contributed by atoms with E-state index in [1.807, 2.05) is 129 Å². The summed E-state index contributed by atoms with van der Waals surface area (Å²) < 4.78 is 25.8. The lowest BCUT2D eigenvalue weighted by Gasteiger charge is -2.08. The van der Waals surface area contributed by atoms with Crippen LogP contribution in [-0.2, 0) is 13.2 Å². The third-order valence-electron chi connectivity index (χ3n) is 7.81. The molecule has 0 heterocycles. The Morgan fingerprint density at radius 2 is 0.960 bits per heavy atom. The second kappa shape index (κ2) is 19.0. The molecule has 2 atom stereocenters. The van der Waals surface area contributed by atoms with Gasteiger partial charge >= 0.3 is 0 Å². The van der Waals surface area contributed by atoms with Crippen LogP contribution in [0, 0.1) is 5.82 Å². The topological polar surface area (TPSA) is 43.2 Å². The molecule has 0 saturated heterocycles. The van der Waals surface area contributed by atoms with Crippen molar-refractivity contribution in [3.05, 3.63) is 201 Å². The van der Waals surface area contributed by atoms with Gasteiger partial charge in [0, 0.05) is 16.9 Å². The first kappa shape index (κ1) is 36.0. The van der Waals surface area contributed by atoms with E-state index < -0.39 is 0 Å². The number of aliphatic imine (C=N–C) groups is 2. The van der Waals surface area contributed by atoms with Crippen molar-refractivity contribution in [3.8, 4) is 11.5 Å². The van der Waals surface area contributed by atoms with Crippen molar-refractivity contribution in [3.63, 3.8) is 0 Å². The summed E-state index contributed by atoms with van der Waals surface area (Å²) in [4.78, 5) is 9.21. The molecule has 6 aromatic rings. The van der Waals surface area contributed by atoms with E-state index in [0.717, 1.165) is 43.8 Å². The highest BCUT2D eigenvalue weighted by molar-refractivity contribution is 9.10. The summed E-state index contributed by atoms with van der Waals surface area (Å²) in [5, 5.41) is 0. The van der Waals surface area contributed by atoms with E-state index in [2.05, 4.69) is 57.1 Å². The van der Waals surface area contributed by atoms with Gasteiger partial charge < -0.3 is 9.47 Å². The standard InChI is InChI=1S/C22H20BrNO.C22H20FNO/c2*1-17(20-10-12-21(23)13-11-20)24-15-19-8-5-9-22(14-19)25-16-18-6-3-2-4-7-18/h2*2-15,17H,16H2,1H3. The minimum atomic E-state index is -0.233. The van der Waals surface area contributed by atoms with Gasteiger partial charge in [-0.25, -0.2) is 4.39 Å². The lowest BCUT2D eigenvalue weighted by molar-refractivity contribution is 0.306. The maximum Gasteiger partial charge on any atom is 0.123 e. The molecule has 0 aliphatic carbocycles. The number of hydrogen-bond donors (Lipinski definition) is 0. The van der Waals surface area contributed by atoms with Gasteiger partial charge in [-0.1, -0.05) is 125 Å². The van der Waals surface area contributed by atoms with Gasteiger partial charge in [-0.3, -0.25) is 9.98 Å². The van der Waals surface area contributed by atoms with Crippen LogP contribution in [0.3, 0.4) is 0 Å². The molecular weight excluding hydrogens is 687 g/mol. The molecule has 4 nitrogen and oxygen atoms in total. The van der Waals surface area contributed by atoms with Gasteiger partial charge in [0.2, 0.25) is 0 Å². The zero-order valence-corrected chi connectivity index (χ0v) is 29.8. The number of benzene rings is 6. The fourth-order valence-electron chi connectivity index (χ4n) is 4.90. The minimum absolute atomic E-state index is 0.0329. The van der Waals surface area contributed by atoms with E-state index in [1.165, 1.54) is 17.7 Å². The quantitative estimate of drug-likeness (QED) is 0.118. The molecule has 0 N–H and O–H groups in total. The summed E-state index contributed by atoms with van der Waals surface area (Å²) in [6.45, 7) is 5.18. The Labute approximate surface area is 303 Å². The Hall–Kier alpha value is -5.33. The first-order valence-corrected chi connectivity index (χ1v) is 17.3. The summed E-state index contributed by atoms with van der Waals surface area (Å²) in [5.74, 6) is 1.43. The summed E-state index contributed by atoms with van der Waals surface area (Å²) in [7, 11) is 0. The Kier molecular flexibility index (Phi) is 13.7. The molecule has 0 aliphatic heterocycles. The Morgan fingerprint density at radius 1 is 0.540 bits per heavy atom. The first-order chi connectivity index (χ1) is 24.4. The SMILES string of the molecule is CC(N=Cc1cccc(OCc2ccccc2)c1)c1ccc(Br)cc1.CC(N=Cc1cccc(OCc2ccccc2)c1)c1ccc(F)cc1. The lowest BCUT2D eigenvalue weighted by Crippen LogP contribution is -1.96. The van der Waals surface area contributed by atoms with Crippen LogP contribution in [0.1, 0.15) is 59.3 Å². The molecule has 6 heteroatoms. The maximum atomic E-state index is 13.0. The monoisotopic (exact) mass is 726 g/mol. The highest BCUT2D eigenvalue weighted by atomic mass is 79.9. The molecule has 0 aliphatic rings. The van der Waals surface area contributed by atoms with Crippen molar-refractivity contribution in [2.75, 3.05) is 0 Å². The largest absolute Gasteiger partial charge is 0.489 e. The van der Waals surface area contributed by atoms with Crippen LogP contribution in [0.15, 0.2) is 172 Å². The summed E-state index contributed by atoms with van der Waals surface area (Å²) in [6.07, 6.45) is 3.73. The van der Waals surface area contributed by atoms with Crippen molar-refractivity contribution < 1.29 is 13.9 Å². The Balaban J connectivity index is 0.000000194. The van der Waals surface area contributed by atoms with E-state index in [0.29, 0.717) is 13.2 Å². The second-order valence-electron chi connectivity index (χ2n) is 11.7. The molecule has 6 aromatic carbocycles. The molecule has 6 rings (SSSR count). The van der Waals surface area contributed by atoms with Crippen molar-refractivity contribution in [1.29, 1.82) is 0 Å². The molecular formula is C44H40BrFN2O2. The normalized spacial score (nSPS) is 12.2. The molecule has 0 radical (unpaired) electrons. The highest BCUT2D eigenvalue weighted by Gasteiger charge is 2.04. The van der Waals surface area contributed by atoms with Gasteiger partial charge in [-0.15, -0.1) is 0 Å². The van der Waals surface area contributed by atoms with Gasteiger partial charge in [0.05, 0.1) is 12.1 Å². The molecule has 50 heavy (non-hydrogen) atoms. The molecule has 0 spiro atoms. The summed E-state index contributed by atoms with van der Waals surface area (Å²) >= 11 is 3.46. The minimum Gasteiger partial charge on any atom is -0.489 e. The predicted octanol–water partition coefficient (Wildman–Crippen LogP) is 11.8. The van der Waals surface area contributed by atoms with Gasteiger partial charge in [-0.05, 0) is 95.8 Å². The number of rotatable bonds is 12.